The molecular weight excluding hydrogens is 343 g/mol. The van der Waals surface area contributed by atoms with Gasteiger partial charge in [-0.1, -0.05) is 11.8 Å². The topological polar surface area (TPSA) is 72.7 Å². The maximum atomic E-state index is 13.6. The van der Waals surface area contributed by atoms with Gasteiger partial charge in [-0.05, 0) is 50.3 Å². The van der Waals surface area contributed by atoms with Crippen molar-refractivity contribution in [1.29, 1.82) is 0 Å². The van der Waals surface area contributed by atoms with E-state index >= 15 is 0 Å². The number of aromatic nitrogens is 4. The molecule has 1 aromatic carbocycles. The second kappa shape index (κ2) is 6.80. The first-order chi connectivity index (χ1) is 11.1. The monoisotopic (exact) mass is 359 g/mol. The third kappa shape index (κ3) is 3.86. The Kier molecular flexibility index (Phi) is 5.16. The average Bonchev–Trinajstić information content (AvgIpc) is 2.96. The van der Waals surface area contributed by atoms with E-state index in [1.165, 1.54) is 0 Å². The molecule has 10 heteroatoms. The van der Waals surface area contributed by atoms with Gasteiger partial charge in [-0.2, -0.15) is 0 Å². The molecule has 24 heavy (non-hydrogen) atoms. The summed E-state index contributed by atoms with van der Waals surface area (Å²) in [6, 6.07) is 1.70. The Balaban J connectivity index is 2.11. The lowest BCUT2D eigenvalue weighted by Crippen LogP contribution is -2.27. The second-order valence-electron chi connectivity index (χ2n) is 6.02. The van der Waals surface area contributed by atoms with E-state index in [1.54, 1.807) is 11.6 Å². The average molecular weight is 359 g/mol. The second-order valence-corrected chi connectivity index (χ2v) is 7.32. The summed E-state index contributed by atoms with van der Waals surface area (Å²) in [5.41, 5.74) is -0.810. The molecular formula is C14H16F3N5OS. The van der Waals surface area contributed by atoms with Gasteiger partial charge in [0.25, 0.3) is 0 Å². The van der Waals surface area contributed by atoms with Crippen LogP contribution in [0.25, 0.3) is 0 Å². The number of carbonyl (C=O) groups excluding carboxylic acids is 1. The van der Waals surface area contributed by atoms with Crippen LogP contribution in [-0.4, -0.2) is 31.4 Å². The number of hydrogen-bond acceptors (Lipinski definition) is 5. The van der Waals surface area contributed by atoms with Gasteiger partial charge in [-0.15, -0.1) is 5.10 Å². The Labute approximate surface area is 140 Å². The Morgan fingerprint density at radius 3 is 2.54 bits per heavy atom. The van der Waals surface area contributed by atoms with Gasteiger partial charge in [0, 0.05) is 0 Å². The van der Waals surface area contributed by atoms with Crippen LogP contribution in [0.1, 0.15) is 27.7 Å². The quantitative estimate of drug-likeness (QED) is 0.671. The van der Waals surface area contributed by atoms with Crippen LogP contribution in [-0.2, 0) is 10.3 Å². The lowest BCUT2D eigenvalue weighted by atomic mass is 10.1. The van der Waals surface area contributed by atoms with E-state index in [2.05, 4.69) is 20.8 Å². The third-order valence-corrected chi connectivity index (χ3v) is 4.05. The molecule has 0 saturated heterocycles. The summed E-state index contributed by atoms with van der Waals surface area (Å²) in [7, 11) is 0. The summed E-state index contributed by atoms with van der Waals surface area (Å²) < 4.78 is 41.3. The lowest BCUT2D eigenvalue weighted by molar-refractivity contribution is -0.115. The number of nitrogens with zero attached hydrogens (tertiary/aromatic N) is 4. The normalized spacial score (nSPS) is 13.0. The van der Waals surface area contributed by atoms with Crippen molar-refractivity contribution in [3.63, 3.8) is 0 Å². The van der Waals surface area contributed by atoms with Gasteiger partial charge in [0.2, 0.25) is 11.1 Å². The summed E-state index contributed by atoms with van der Waals surface area (Å²) in [6.07, 6.45) is 0. The van der Waals surface area contributed by atoms with E-state index in [-0.39, 0.29) is 5.54 Å². The van der Waals surface area contributed by atoms with Crippen molar-refractivity contribution in [2.45, 2.75) is 43.6 Å². The van der Waals surface area contributed by atoms with E-state index in [9.17, 15) is 18.0 Å². The van der Waals surface area contributed by atoms with Crippen LogP contribution < -0.4 is 5.32 Å². The Bertz CT molecular complexity index is 759. The molecule has 0 fully saturated rings. The number of halogens is 3. The molecule has 0 bridgehead atoms. The molecule has 1 atom stereocenters. The third-order valence-electron chi connectivity index (χ3n) is 3.02. The molecule has 0 spiro atoms. The molecule has 0 aliphatic carbocycles. The fourth-order valence-corrected chi connectivity index (χ4v) is 2.72. The van der Waals surface area contributed by atoms with Gasteiger partial charge in [-0.3, -0.25) is 4.79 Å². The highest BCUT2D eigenvalue weighted by Gasteiger charge is 2.25. The number of hydrogen-bond donors (Lipinski definition) is 1. The fraction of sp³-hybridized carbons (Fsp3) is 0.429. The molecule has 2 aromatic rings. The van der Waals surface area contributed by atoms with E-state index in [0.717, 1.165) is 23.9 Å². The molecule has 0 radical (unpaired) electrons. The summed E-state index contributed by atoms with van der Waals surface area (Å²) in [5.74, 6) is -4.99. The maximum Gasteiger partial charge on any atom is 0.237 e. The number of anilines is 1. The van der Waals surface area contributed by atoms with Crippen LogP contribution in [0.3, 0.4) is 0 Å². The van der Waals surface area contributed by atoms with Gasteiger partial charge in [0.1, 0.15) is 0 Å². The van der Waals surface area contributed by atoms with Crippen LogP contribution in [0.2, 0.25) is 0 Å². The van der Waals surface area contributed by atoms with Crippen molar-refractivity contribution in [3.05, 3.63) is 29.6 Å². The molecule has 1 amide bonds. The van der Waals surface area contributed by atoms with E-state index < -0.39 is 34.3 Å². The highest BCUT2D eigenvalue weighted by atomic mass is 32.2. The smallest absolute Gasteiger partial charge is 0.237 e. The summed E-state index contributed by atoms with van der Waals surface area (Å²) in [5, 5.41) is 13.3. The van der Waals surface area contributed by atoms with Crippen molar-refractivity contribution in [3.8, 4) is 0 Å². The molecule has 1 heterocycles. The first kappa shape index (κ1) is 18.2. The Hall–Kier alpha value is -2.10. The zero-order valence-corrected chi connectivity index (χ0v) is 14.3. The molecule has 6 nitrogen and oxygen atoms in total. The molecule has 1 unspecified atom stereocenters. The van der Waals surface area contributed by atoms with Crippen LogP contribution in [0.15, 0.2) is 17.3 Å². The predicted molar refractivity (Wildman–Crippen MR) is 83.1 cm³/mol. The lowest BCUT2D eigenvalue weighted by Gasteiger charge is -2.20. The van der Waals surface area contributed by atoms with Crippen LogP contribution in [0.4, 0.5) is 18.9 Å². The summed E-state index contributed by atoms with van der Waals surface area (Å²) in [6.45, 7) is 7.26. The number of nitrogens with one attached hydrogen (secondary N) is 1. The first-order valence-electron chi connectivity index (χ1n) is 7.01. The molecule has 0 aliphatic heterocycles. The van der Waals surface area contributed by atoms with Gasteiger partial charge < -0.3 is 5.32 Å². The molecule has 0 saturated carbocycles. The van der Waals surface area contributed by atoms with E-state index in [4.69, 9.17) is 0 Å². The molecule has 0 aliphatic rings. The van der Waals surface area contributed by atoms with Gasteiger partial charge in [-0.25, -0.2) is 17.9 Å². The minimum Gasteiger partial charge on any atom is -0.323 e. The SMILES string of the molecule is CC(Sc1nnnn1C(C)(C)C)C(=O)Nc1ccc(F)c(F)c1F. The minimum absolute atomic E-state index is 0.381. The zero-order chi connectivity index (χ0) is 18.1. The van der Waals surface area contributed by atoms with Gasteiger partial charge in [0.15, 0.2) is 17.5 Å². The van der Waals surface area contributed by atoms with Crippen molar-refractivity contribution < 1.29 is 18.0 Å². The number of amides is 1. The molecule has 1 N–H and O–H groups in total. The van der Waals surface area contributed by atoms with Crippen LogP contribution in [0, 0.1) is 17.5 Å². The van der Waals surface area contributed by atoms with Crippen molar-refractivity contribution in [2.75, 3.05) is 5.32 Å². The predicted octanol–water partition coefficient (Wildman–Crippen LogP) is 2.96. The molecule has 130 valence electrons. The van der Waals surface area contributed by atoms with Gasteiger partial charge in [0.05, 0.1) is 16.5 Å². The number of benzene rings is 1. The Morgan fingerprint density at radius 2 is 1.92 bits per heavy atom. The fourth-order valence-electron chi connectivity index (χ4n) is 1.74. The summed E-state index contributed by atoms with van der Waals surface area (Å²) in [4.78, 5) is 12.2. The highest BCUT2D eigenvalue weighted by Crippen LogP contribution is 2.26. The molecule has 1 aromatic heterocycles. The van der Waals surface area contributed by atoms with Crippen molar-refractivity contribution in [1.82, 2.24) is 20.2 Å². The Morgan fingerprint density at radius 1 is 1.25 bits per heavy atom. The minimum atomic E-state index is -1.63. The summed E-state index contributed by atoms with van der Waals surface area (Å²) >= 11 is 1.07. The van der Waals surface area contributed by atoms with Crippen molar-refractivity contribution >= 4 is 23.4 Å². The maximum absolute atomic E-state index is 13.6. The molecule has 2 rings (SSSR count). The van der Waals surface area contributed by atoms with Crippen molar-refractivity contribution in [2.24, 2.45) is 0 Å². The van der Waals surface area contributed by atoms with Gasteiger partial charge >= 0.3 is 0 Å². The number of thioether (sulfide) groups is 1. The van der Waals surface area contributed by atoms with E-state index in [1.807, 2.05) is 20.8 Å². The number of carbonyl (C=O) groups is 1. The number of rotatable bonds is 4. The highest BCUT2D eigenvalue weighted by molar-refractivity contribution is 8.00. The van der Waals surface area contributed by atoms with Crippen LogP contribution >= 0.6 is 11.8 Å². The number of tetrazole rings is 1. The van der Waals surface area contributed by atoms with E-state index in [0.29, 0.717) is 5.16 Å². The zero-order valence-electron chi connectivity index (χ0n) is 13.5. The van der Waals surface area contributed by atoms with Crippen LogP contribution in [0.5, 0.6) is 0 Å². The first-order valence-corrected chi connectivity index (χ1v) is 7.89. The standard InChI is InChI=1S/C14H16F3N5OS/c1-7(24-13-19-20-21-22(13)14(2,3)4)12(23)18-9-6-5-8(15)10(16)11(9)17/h5-7H,1-4H3,(H,18,23). The largest absolute Gasteiger partial charge is 0.323 e.